The van der Waals surface area contributed by atoms with Gasteiger partial charge in [-0.1, -0.05) is 0 Å². The third-order valence-electron chi connectivity index (χ3n) is 3.48. The molecule has 0 spiro atoms. The zero-order chi connectivity index (χ0) is 15.5. The van der Waals surface area contributed by atoms with Crippen LogP contribution in [-0.2, 0) is 4.74 Å². The average Bonchev–Trinajstić information content (AvgIpc) is 2.55. The molecule has 2 heterocycles. The van der Waals surface area contributed by atoms with Crippen molar-refractivity contribution in [3.8, 4) is 5.75 Å². The number of hydrogen-bond donors (Lipinski definition) is 2. The first-order chi connectivity index (χ1) is 10.7. The van der Waals surface area contributed by atoms with E-state index in [0.717, 1.165) is 33.9 Å². The Labute approximate surface area is 128 Å². The smallest absolute Gasteiger partial charge is 0.227 e. The highest BCUT2D eigenvalue weighted by molar-refractivity contribution is 5.83. The predicted molar refractivity (Wildman–Crippen MR) is 85.6 cm³/mol. The lowest BCUT2D eigenvalue weighted by Gasteiger charge is -2.17. The van der Waals surface area contributed by atoms with Crippen LogP contribution < -0.4 is 15.4 Å². The molecule has 0 aliphatic carbocycles. The summed E-state index contributed by atoms with van der Waals surface area (Å²) in [6.45, 7) is 2.61. The van der Waals surface area contributed by atoms with Crippen LogP contribution in [0.3, 0.4) is 0 Å². The molecule has 0 amide bonds. The van der Waals surface area contributed by atoms with E-state index in [0.29, 0.717) is 12.5 Å². The zero-order valence-electron chi connectivity index (χ0n) is 12.8. The summed E-state index contributed by atoms with van der Waals surface area (Å²) >= 11 is 0. The number of nitrogens with one attached hydrogen (secondary N) is 2. The first-order valence-electron chi connectivity index (χ1n) is 6.97. The summed E-state index contributed by atoms with van der Waals surface area (Å²) in [6.07, 6.45) is 3.81. The maximum Gasteiger partial charge on any atom is 0.227 e. The van der Waals surface area contributed by atoms with Crippen molar-refractivity contribution in [1.29, 1.82) is 0 Å². The molecule has 3 rings (SSSR count). The molecule has 0 radical (unpaired) electrons. The van der Waals surface area contributed by atoms with Crippen LogP contribution in [0.15, 0.2) is 41.9 Å². The second-order valence-electron chi connectivity index (χ2n) is 4.92. The van der Waals surface area contributed by atoms with Gasteiger partial charge in [0.25, 0.3) is 0 Å². The predicted octanol–water partition coefficient (Wildman–Crippen LogP) is 2.33. The Morgan fingerprint density at radius 3 is 2.68 bits per heavy atom. The standard InChI is InChI=1S/C16H18N4O2/c1-10-13-6-5-12(21-2)8-14(13)20-16(18-10)19-11-4-7-15(22-3)17-9-11/h4-8,17H,9H2,1-3H3,(H,18,19,20). The van der Waals surface area contributed by atoms with Crippen LogP contribution in [-0.4, -0.2) is 30.7 Å². The maximum atomic E-state index is 5.25. The van der Waals surface area contributed by atoms with Crippen molar-refractivity contribution in [3.05, 3.63) is 47.6 Å². The number of anilines is 1. The fraction of sp³-hybridized carbons (Fsp3) is 0.250. The largest absolute Gasteiger partial charge is 0.497 e. The van der Waals surface area contributed by atoms with Crippen LogP contribution in [0.4, 0.5) is 5.95 Å². The van der Waals surface area contributed by atoms with E-state index >= 15 is 0 Å². The number of benzene rings is 1. The molecule has 6 nitrogen and oxygen atoms in total. The van der Waals surface area contributed by atoms with Gasteiger partial charge in [-0.15, -0.1) is 0 Å². The molecule has 1 aliphatic heterocycles. The van der Waals surface area contributed by atoms with E-state index in [1.807, 2.05) is 37.3 Å². The Morgan fingerprint density at radius 2 is 2.00 bits per heavy atom. The molecule has 1 aliphatic rings. The fourth-order valence-corrected chi connectivity index (χ4v) is 2.30. The van der Waals surface area contributed by atoms with Crippen LogP contribution in [0, 0.1) is 6.92 Å². The van der Waals surface area contributed by atoms with Crippen LogP contribution in [0.25, 0.3) is 10.9 Å². The van der Waals surface area contributed by atoms with E-state index in [2.05, 4.69) is 20.6 Å². The lowest BCUT2D eigenvalue weighted by molar-refractivity contribution is 0.263. The molecule has 0 fully saturated rings. The molecule has 2 N–H and O–H groups in total. The van der Waals surface area contributed by atoms with E-state index in [4.69, 9.17) is 9.47 Å². The van der Waals surface area contributed by atoms with Gasteiger partial charge in [0.05, 0.1) is 32.0 Å². The Morgan fingerprint density at radius 1 is 1.14 bits per heavy atom. The molecule has 1 aromatic heterocycles. The van der Waals surface area contributed by atoms with Crippen molar-refractivity contribution in [2.24, 2.45) is 0 Å². The quantitative estimate of drug-likeness (QED) is 0.903. The van der Waals surface area contributed by atoms with Gasteiger partial charge < -0.3 is 20.1 Å². The molecule has 0 unspecified atom stereocenters. The van der Waals surface area contributed by atoms with Crippen LogP contribution in [0.1, 0.15) is 5.69 Å². The summed E-state index contributed by atoms with van der Waals surface area (Å²) in [7, 11) is 3.28. The van der Waals surface area contributed by atoms with Crippen molar-refractivity contribution in [1.82, 2.24) is 15.3 Å². The second kappa shape index (κ2) is 5.93. The summed E-state index contributed by atoms with van der Waals surface area (Å²) in [5.74, 6) is 2.09. The summed E-state index contributed by atoms with van der Waals surface area (Å²) in [4.78, 5) is 9.06. The third kappa shape index (κ3) is 2.81. The Balaban J connectivity index is 1.91. The van der Waals surface area contributed by atoms with Crippen LogP contribution in [0.2, 0.25) is 0 Å². The van der Waals surface area contributed by atoms with Gasteiger partial charge >= 0.3 is 0 Å². The Hall–Kier alpha value is -2.76. The minimum Gasteiger partial charge on any atom is -0.497 e. The van der Waals surface area contributed by atoms with Gasteiger partial charge in [-0.3, -0.25) is 0 Å². The highest BCUT2D eigenvalue weighted by atomic mass is 16.5. The molecular formula is C16H18N4O2. The van der Waals surface area contributed by atoms with Crippen molar-refractivity contribution in [2.45, 2.75) is 6.92 Å². The first-order valence-corrected chi connectivity index (χ1v) is 6.97. The summed E-state index contributed by atoms with van der Waals surface area (Å²) in [5.41, 5.74) is 2.75. The number of aromatic nitrogens is 2. The lowest BCUT2D eigenvalue weighted by atomic mass is 10.2. The van der Waals surface area contributed by atoms with Gasteiger partial charge in [-0.05, 0) is 31.2 Å². The molecule has 1 aromatic carbocycles. The number of fused-ring (bicyclic) bond motifs is 1. The van der Waals surface area contributed by atoms with E-state index in [9.17, 15) is 0 Å². The van der Waals surface area contributed by atoms with Gasteiger partial charge in [0.15, 0.2) is 5.88 Å². The molecule has 2 aromatic rings. The van der Waals surface area contributed by atoms with Crippen LogP contribution in [0.5, 0.6) is 5.75 Å². The zero-order valence-corrected chi connectivity index (χ0v) is 12.8. The number of rotatable bonds is 4. The minimum atomic E-state index is 0.570. The average molecular weight is 298 g/mol. The normalized spacial score (nSPS) is 14.0. The molecule has 0 atom stereocenters. The Kier molecular flexibility index (Phi) is 3.82. The van der Waals surface area contributed by atoms with Crippen molar-refractivity contribution >= 4 is 16.9 Å². The van der Waals surface area contributed by atoms with Gasteiger partial charge in [0, 0.05) is 17.1 Å². The fourth-order valence-electron chi connectivity index (χ4n) is 2.30. The highest BCUT2D eigenvalue weighted by Gasteiger charge is 2.09. The van der Waals surface area contributed by atoms with E-state index < -0.39 is 0 Å². The lowest BCUT2D eigenvalue weighted by Crippen LogP contribution is -2.24. The van der Waals surface area contributed by atoms with Gasteiger partial charge in [-0.25, -0.2) is 9.97 Å². The minimum absolute atomic E-state index is 0.570. The number of methoxy groups -OCH3 is 2. The summed E-state index contributed by atoms with van der Waals surface area (Å²) in [5, 5.41) is 7.39. The van der Waals surface area contributed by atoms with E-state index in [1.165, 1.54) is 0 Å². The van der Waals surface area contributed by atoms with Crippen LogP contribution >= 0.6 is 0 Å². The van der Waals surface area contributed by atoms with Gasteiger partial charge in [0.1, 0.15) is 5.75 Å². The molecule has 6 heteroatoms. The topological polar surface area (TPSA) is 68.3 Å². The number of aryl methyl sites for hydroxylation is 1. The van der Waals surface area contributed by atoms with Crippen molar-refractivity contribution < 1.29 is 9.47 Å². The molecule has 22 heavy (non-hydrogen) atoms. The number of allylic oxidation sites excluding steroid dienone is 2. The van der Waals surface area contributed by atoms with E-state index in [1.54, 1.807) is 14.2 Å². The highest BCUT2D eigenvalue weighted by Crippen LogP contribution is 2.22. The molecule has 0 bridgehead atoms. The third-order valence-corrected chi connectivity index (χ3v) is 3.48. The number of dihydropyridines is 1. The Bertz CT molecular complexity index is 768. The monoisotopic (exact) mass is 298 g/mol. The molecule has 0 saturated carbocycles. The van der Waals surface area contributed by atoms with Gasteiger partial charge in [-0.2, -0.15) is 0 Å². The molecule has 114 valence electrons. The van der Waals surface area contributed by atoms with E-state index in [-0.39, 0.29) is 0 Å². The molecule has 0 saturated heterocycles. The van der Waals surface area contributed by atoms with Crippen molar-refractivity contribution in [2.75, 3.05) is 26.1 Å². The summed E-state index contributed by atoms with van der Waals surface area (Å²) in [6, 6.07) is 5.80. The first kappa shape index (κ1) is 14.2. The number of ether oxygens (including phenoxy) is 2. The summed E-state index contributed by atoms with van der Waals surface area (Å²) < 4.78 is 10.4. The number of nitrogens with zero attached hydrogens (tertiary/aromatic N) is 2. The SMILES string of the molecule is COC1=CC=C(Nc2nc(C)c3ccc(OC)cc3n2)CN1. The van der Waals surface area contributed by atoms with Crippen molar-refractivity contribution in [3.63, 3.8) is 0 Å². The number of hydrogen-bond acceptors (Lipinski definition) is 6. The van der Waals surface area contributed by atoms with Gasteiger partial charge in [0.2, 0.25) is 5.95 Å². The second-order valence-corrected chi connectivity index (χ2v) is 4.92. The molecular weight excluding hydrogens is 280 g/mol. The maximum absolute atomic E-state index is 5.25.